The smallest absolute Gasteiger partial charge is 0.238 e. The summed E-state index contributed by atoms with van der Waals surface area (Å²) in [6.45, 7) is 3.99. The first-order valence-electron chi connectivity index (χ1n) is 7.35. The number of aryl methyl sites for hydroxylation is 3. The number of carbonyl (C=O) groups excluding carboxylic acids is 1. The van der Waals surface area contributed by atoms with Gasteiger partial charge in [0.1, 0.15) is 0 Å². The van der Waals surface area contributed by atoms with Crippen LogP contribution in [-0.4, -0.2) is 16.0 Å². The van der Waals surface area contributed by atoms with Crippen LogP contribution in [0.25, 0.3) is 11.6 Å². The highest BCUT2D eigenvalue weighted by molar-refractivity contribution is 5.90. The van der Waals surface area contributed by atoms with Crippen molar-refractivity contribution < 1.29 is 13.7 Å². The summed E-state index contributed by atoms with van der Waals surface area (Å²) in [6, 6.07) is 9.44. The van der Waals surface area contributed by atoms with Crippen LogP contribution >= 0.6 is 0 Å². The van der Waals surface area contributed by atoms with Gasteiger partial charge in [-0.3, -0.25) is 4.79 Å². The van der Waals surface area contributed by atoms with Crippen LogP contribution in [-0.2, 0) is 11.2 Å². The van der Waals surface area contributed by atoms with Gasteiger partial charge in [0.15, 0.2) is 5.76 Å². The van der Waals surface area contributed by atoms with Gasteiger partial charge in [0.05, 0.1) is 6.26 Å². The highest BCUT2D eigenvalue weighted by Crippen LogP contribution is 2.17. The molecule has 0 fully saturated rings. The summed E-state index contributed by atoms with van der Waals surface area (Å²) in [5.74, 6) is 1.25. The third kappa shape index (κ3) is 3.85. The lowest BCUT2D eigenvalue weighted by Gasteiger charge is -2.06. The van der Waals surface area contributed by atoms with Crippen LogP contribution in [0.1, 0.15) is 23.4 Å². The second-order valence-corrected chi connectivity index (χ2v) is 5.41. The van der Waals surface area contributed by atoms with E-state index in [-0.39, 0.29) is 12.3 Å². The Morgan fingerprint density at radius 2 is 2.00 bits per heavy atom. The zero-order valence-corrected chi connectivity index (χ0v) is 13.0. The van der Waals surface area contributed by atoms with Crippen molar-refractivity contribution in [1.82, 2.24) is 10.1 Å². The van der Waals surface area contributed by atoms with Crippen molar-refractivity contribution in [3.63, 3.8) is 0 Å². The van der Waals surface area contributed by atoms with Crippen molar-refractivity contribution in [3.05, 3.63) is 53.6 Å². The number of furan rings is 1. The van der Waals surface area contributed by atoms with E-state index in [0.29, 0.717) is 23.9 Å². The minimum absolute atomic E-state index is 0.0900. The molecule has 0 aliphatic carbocycles. The van der Waals surface area contributed by atoms with Gasteiger partial charge in [-0.15, -0.1) is 0 Å². The number of anilines is 1. The molecule has 0 atom stereocenters. The molecule has 6 nitrogen and oxygen atoms in total. The number of aromatic nitrogens is 2. The monoisotopic (exact) mass is 311 g/mol. The van der Waals surface area contributed by atoms with E-state index in [9.17, 15) is 4.79 Å². The SMILES string of the molecule is Cc1cc(C)cc(NC(=O)CCc2nc(-c3ccco3)no2)c1. The van der Waals surface area contributed by atoms with Crippen molar-refractivity contribution in [2.75, 3.05) is 5.32 Å². The van der Waals surface area contributed by atoms with E-state index in [0.717, 1.165) is 16.8 Å². The molecule has 3 aromatic rings. The number of carbonyl (C=O) groups is 1. The van der Waals surface area contributed by atoms with Crippen molar-refractivity contribution in [1.29, 1.82) is 0 Å². The number of amides is 1. The Kier molecular flexibility index (Phi) is 4.23. The minimum atomic E-state index is -0.0900. The van der Waals surface area contributed by atoms with E-state index >= 15 is 0 Å². The first-order valence-corrected chi connectivity index (χ1v) is 7.35. The van der Waals surface area contributed by atoms with Gasteiger partial charge in [-0.05, 0) is 49.2 Å². The normalized spacial score (nSPS) is 10.7. The van der Waals surface area contributed by atoms with Gasteiger partial charge in [0.2, 0.25) is 17.6 Å². The molecule has 118 valence electrons. The minimum Gasteiger partial charge on any atom is -0.461 e. The predicted octanol–water partition coefficient (Wildman–Crippen LogP) is 3.52. The van der Waals surface area contributed by atoms with E-state index in [4.69, 9.17) is 8.94 Å². The standard InChI is InChI=1S/C17H17N3O3/c1-11-8-12(2)10-13(9-11)18-15(21)5-6-16-19-17(20-23-16)14-4-3-7-22-14/h3-4,7-10H,5-6H2,1-2H3,(H,18,21). The van der Waals surface area contributed by atoms with Gasteiger partial charge < -0.3 is 14.3 Å². The second-order valence-electron chi connectivity index (χ2n) is 5.41. The van der Waals surface area contributed by atoms with Crippen molar-refractivity contribution in [3.8, 4) is 11.6 Å². The molecule has 6 heteroatoms. The van der Waals surface area contributed by atoms with E-state index in [1.165, 1.54) is 0 Å². The fraction of sp³-hybridized carbons (Fsp3) is 0.235. The van der Waals surface area contributed by atoms with Crippen LogP contribution < -0.4 is 5.32 Å². The zero-order chi connectivity index (χ0) is 16.2. The molecule has 0 aliphatic rings. The molecule has 0 saturated heterocycles. The van der Waals surface area contributed by atoms with E-state index in [2.05, 4.69) is 21.5 Å². The summed E-state index contributed by atoms with van der Waals surface area (Å²) in [6.07, 6.45) is 2.19. The van der Waals surface area contributed by atoms with E-state index in [1.54, 1.807) is 18.4 Å². The number of benzene rings is 1. The molecular formula is C17H17N3O3. The predicted molar refractivity (Wildman–Crippen MR) is 84.9 cm³/mol. The summed E-state index contributed by atoms with van der Waals surface area (Å²) >= 11 is 0. The number of hydrogen-bond donors (Lipinski definition) is 1. The molecule has 0 bridgehead atoms. The maximum absolute atomic E-state index is 12.0. The summed E-state index contributed by atoms with van der Waals surface area (Å²) in [4.78, 5) is 16.2. The van der Waals surface area contributed by atoms with Crippen LogP contribution in [0, 0.1) is 13.8 Å². The second kappa shape index (κ2) is 6.48. The highest BCUT2D eigenvalue weighted by atomic mass is 16.5. The Bertz CT molecular complexity index is 786. The summed E-state index contributed by atoms with van der Waals surface area (Å²) in [5, 5.41) is 6.71. The summed E-state index contributed by atoms with van der Waals surface area (Å²) in [5.41, 5.74) is 3.02. The molecule has 1 amide bonds. The van der Waals surface area contributed by atoms with Crippen molar-refractivity contribution in [2.24, 2.45) is 0 Å². The molecule has 1 N–H and O–H groups in total. The van der Waals surface area contributed by atoms with Crippen LogP contribution in [0.5, 0.6) is 0 Å². The number of hydrogen-bond acceptors (Lipinski definition) is 5. The average Bonchev–Trinajstić information content (AvgIpc) is 3.15. The molecule has 1 aromatic carbocycles. The molecule has 23 heavy (non-hydrogen) atoms. The molecule has 2 aromatic heterocycles. The summed E-state index contributed by atoms with van der Waals surface area (Å²) in [7, 11) is 0. The van der Waals surface area contributed by atoms with E-state index < -0.39 is 0 Å². The maximum Gasteiger partial charge on any atom is 0.238 e. The molecule has 0 saturated carbocycles. The largest absolute Gasteiger partial charge is 0.461 e. The molecule has 2 heterocycles. The Morgan fingerprint density at radius 1 is 1.22 bits per heavy atom. The van der Waals surface area contributed by atoms with Gasteiger partial charge in [0.25, 0.3) is 0 Å². The lowest BCUT2D eigenvalue weighted by atomic mass is 10.1. The van der Waals surface area contributed by atoms with Crippen molar-refractivity contribution in [2.45, 2.75) is 26.7 Å². The lowest BCUT2D eigenvalue weighted by Crippen LogP contribution is -2.12. The first-order chi connectivity index (χ1) is 11.1. The van der Waals surface area contributed by atoms with E-state index in [1.807, 2.05) is 26.0 Å². The Labute approximate surface area is 133 Å². The zero-order valence-electron chi connectivity index (χ0n) is 13.0. The highest BCUT2D eigenvalue weighted by Gasteiger charge is 2.12. The number of rotatable bonds is 5. The van der Waals surface area contributed by atoms with Crippen molar-refractivity contribution >= 4 is 11.6 Å². The number of nitrogens with one attached hydrogen (secondary N) is 1. The van der Waals surface area contributed by atoms with Gasteiger partial charge in [-0.2, -0.15) is 4.98 Å². The van der Waals surface area contributed by atoms with Gasteiger partial charge in [-0.25, -0.2) is 0 Å². The molecule has 3 rings (SSSR count). The summed E-state index contributed by atoms with van der Waals surface area (Å²) < 4.78 is 10.3. The lowest BCUT2D eigenvalue weighted by molar-refractivity contribution is -0.116. The van der Waals surface area contributed by atoms with Crippen LogP contribution in [0.3, 0.4) is 0 Å². The van der Waals surface area contributed by atoms with Crippen LogP contribution in [0.4, 0.5) is 5.69 Å². The molecular weight excluding hydrogens is 294 g/mol. The molecule has 0 aliphatic heterocycles. The Morgan fingerprint density at radius 3 is 2.70 bits per heavy atom. The Balaban J connectivity index is 1.57. The Hall–Kier alpha value is -2.89. The fourth-order valence-electron chi connectivity index (χ4n) is 2.35. The topological polar surface area (TPSA) is 81.2 Å². The van der Waals surface area contributed by atoms with Gasteiger partial charge in [-0.1, -0.05) is 11.2 Å². The maximum atomic E-state index is 12.0. The molecule has 0 unspecified atom stereocenters. The fourth-order valence-corrected chi connectivity index (χ4v) is 2.35. The van der Waals surface area contributed by atoms with Crippen LogP contribution in [0.15, 0.2) is 45.5 Å². The van der Waals surface area contributed by atoms with Gasteiger partial charge >= 0.3 is 0 Å². The average molecular weight is 311 g/mol. The molecule has 0 radical (unpaired) electrons. The number of nitrogens with zero attached hydrogens (tertiary/aromatic N) is 2. The van der Waals surface area contributed by atoms with Crippen LogP contribution in [0.2, 0.25) is 0 Å². The quantitative estimate of drug-likeness (QED) is 0.779. The van der Waals surface area contributed by atoms with Gasteiger partial charge in [0, 0.05) is 18.5 Å². The third-order valence-corrected chi connectivity index (χ3v) is 3.28. The first kappa shape index (κ1) is 15.0. The third-order valence-electron chi connectivity index (χ3n) is 3.28. The molecule has 0 spiro atoms.